The second-order valence-corrected chi connectivity index (χ2v) is 6.89. The van der Waals surface area contributed by atoms with E-state index in [1.807, 2.05) is 23.1 Å². The first kappa shape index (κ1) is 16.9. The molecular weight excluding hydrogens is 332 g/mol. The number of fused-ring (bicyclic) bond motifs is 1. The maximum Gasteiger partial charge on any atom is 0.274 e. The molecule has 0 unspecified atom stereocenters. The number of aromatic nitrogens is 3. The molecule has 7 heteroatoms. The number of ether oxygens (including phenoxy) is 2. The number of hydrogen-bond donors (Lipinski definition) is 0. The van der Waals surface area contributed by atoms with Crippen LogP contribution >= 0.6 is 0 Å². The van der Waals surface area contributed by atoms with Crippen molar-refractivity contribution >= 4 is 5.91 Å². The first-order chi connectivity index (χ1) is 12.8. The van der Waals surface area contributed by atoms with Crippen molar-refractivity contribution in [2.24, 2.45) is 5.41 Å². The van der Waals surface area contributed by atoms with E-state index in [1.54, 1.807) is 18.6 Å². The van der Waals surface area contributed by atoms with Gasteiger partial charge in [-0.2, -0.15) is 0 Å². The monoisotopic (exact) mass is 354 g/mol. The van der Waals surface area contributed by atoms with Gasteiger partial charge in [0.2, 0.25) is 5.88 Å². The first-order valence-corrected chi connectivity index (χ1v) is 8.98. The number of piperidine rings is 1. The Morgan fingerprint density at radius 3 is 3.08 bits per heavy atom. The highest BCUT2D eigenvalue weighted by Gasteiger charge is 2.48. The maximum absolute atomic E-state index is 12.8. The summed E-state index contributed by atoms with van der Waals surface area (Å²) in [6, 6.07) is 5.61. The summed E-state index contributed by atoms with van der Waals surface area (Å²) >= 11 is 0. The molecule has 4 heterocycles. The minimum absolute atomic E-state index is 0.0839. The molecule has 2 atom stereocenters. The molecule has 0 aromatic carbocycles. The molecule has 0 spiro atoms. The Kier molecular flexibility index (Phi) is 4.79. The number of likely N-dealkylation sites (tertiary alicyclic amines) is 1. The summed E-state index contributed by atoms with van der Waals surface area (Å²) in [6.45, 7) is 2.51. The molecule has 136 valence electrons. The molecular formula is C19H22N4O3. The summed E-state index contributed by atoms with van der Waals surface area (Å²) < 4.78 is 12.0. The predicted octanol–water partition coefficient (Wildman–Crippen LogP) is 1.96. The van der Waals surface area contributed by atoms with Crippen molar-refractivity contribution in [1.29, 1.82) is 0 Å². The fraction of sp³-hybridized carbons (Fsp3) is 0.474. The zero-order valence-electron chi connectivity index (χ0n) is 14.6. The molecule has 2 aromatic rings. The first-order valence-electron chi connectivity index (χ1n) is 8.98. The molecule has 26 heavy (non-hydrogen) atoms. The zero-order chi connectivity index (χ0) is 17.8. The van der Waals surface area contributed by atoms with Crippen LogP contribution in [0.4, 0.5) is 0 Å². The van der Waals surface area contributed by atoms with Gasteiger partial charge in [-0.15, -0.1) is 0 Å². The van der Waals surface area contributed by atoms with E-state index in [1.165, 1.54) is 6.20 Å². The number of pyridine rings is 1. The predicted molar refractivity (Wildman–Crippen MR) is 93.7 cm³/mol. The van der Waals surface area contributed by atoms with Gasteiger partial charge < -0.3 is 14.4 Å². The van der Waals surface area contributed by atoms with Crippen molar-refractivity contribution in [3.05, 3.63) is 48.7 Å². The third-order valence-electron chi connectivity index (χ3n) is 5.20. The average Bonchev–Trinajstić information content (AvgIpc) is 2.73. The highest BCUT2D eigenvalue weighted by atomic mass is 16.5. The Morgan fingerprint density at radius 2 is 2.27 bits per heavy atom. The molecule has 2 aromatic heterocycles. The minimum Gasteiger partial charge on any atom is -0.477 e. The van der Waals surface area contributed by atoms with Gasteiger partial charge in [-0.25, -0.2) is 9.97 Å². The van der Waals surface area contributed by atoms with Gasteiger partial charge in [0.05, 0.1) is 18.9 Å². The van der Waals surface area contributed by atoms with Crippen LogP contribution in [0.1, 0.15) is 29.8 Å². The van der Waals surface area contributed by atoms with Crippen molar-refractivity contribution < 1.29 is 14.3 Å². The van der Waals surface area contributed by atoms with Crippen LogP contribution in [0.15, 0.2) is 43.0 Å². The van der Waals surface area contributed by atoms with E-state index in [0.717, 1.165) is 25.9 Å². The van der Waals surface area contributed by atoms with Crippen LogP contribution in [0.5, 0.6) is 5.88 Å². The summed E-state index contributed by atoms with van der Waals surface area (Å²) in [7, 11) is 0. The normalized spacial score (nSPS) is 25.4. The van der Waals surface area contributed by atoms with Gasteiger partial charge in [-0.05, 0) is 25.3 Å². The smallest absolute Gasteiger partial charge is 0.274 e. The number of hydrogen-bond acceptors (Lipinski definition) is 6. The highest BCUT2D eigenvalue weighted by molar-refractivity contribution is 5.92. The summed E-state index contributed by atoms with van der Waals surface area (Å²) in [4.78, 5) is 27.1. The van der Waals surface area contributed by atoms with Crippen molar-refractivity contribution in [2.45, 2.75) is 25.4 Å². The lowest BCUT2D eigenvalue weighted by molar-refractivity contribution is -0.133. The Bertz CT molecular complexity index is 743. The van der Waals surface area contributed by atoms with Gasteiger partial charge in [0.15, 0.2) is 0 Å². The van der Waals surface area contributed by atoms with E-state index in [2.05, 4.69) is 15.0 Å². The SMILES string of the molecule is O=C(c1cnccn1)N1CC[C@@H]2OCCC[C@@]2(COc2ccccn2)C1. The van der Waals surface area contributed by atoms with Gasteiger partial charge in [-0.1, -0.05) is 6.07 Å². The third kappa shape index (κ3) is 3.39. The van der Waals surface area contributed by atoms with Crippen LogP contribution in [0, 0.1) is 5.41 Å². The van der Waals surface area contributed by atoms with E-state index in [4.69, 9.17) is 9.47 Å². The lowest BCUT2D eigenvalue weighted by Crippen LogP contribution is -2.58. The summed E-state index contributed by atoms with van der Waals surface area (Å²) in [5, 5.41) is 0. The lowest BCUT2D eigenvalue weighted by Gasteiger charge is -2.49. The molecule has 2 aliphatic heterocycles. The Morgan fingerprint density at radius 1 is 1.31 bits per heavy atom. The third-order valence-corrected chi connectivity index (χ3v) is 5.20. The number of carbonyl (C=O) groups is 1. The fourth-order valence-electron chi connectivity index (χ4n) is 3.90. The van der Waals surface area contributed by atoms with Crippen molar-refractivity contribution in [1.82, 2.24) is 19.9 Å². The zero-order valence-corrected chi connectivity index (χ0v) is 14.6. The molecule has 0 N–H and O–H groups in total. The van der Waals surface area contributed by atoms with Crippen LogP contribution in [-0.2, 0) is 4.74 Å². The molecule has 2 saturated heterocycles. The van der Waals surface area contributed by atoms with E-state index < -0.39 is 0 Å². The topological polar surface area (TPSA) is 77.4 Å². The molecule has 1 amide bonds. The molecule has 2 aliphatic rings. The van der Waals surface area contributed by atoms with Crippen LogP contribution in [0.25, 0.3) is 0 Å². The van der Waals surface area contributed by atoms with Crippen LogP contribution < -0.4 is 4.74 Å². The van der Waals surface area contributed by atoms with Gasteiger partial charge in [0, 0.05) is 49.8 Å². The van der Waals surface area contributed by atoms with Gasteiger partial charge in [0.1, 0.15) is 5.69 Å². The quantitative estimate of drug-likeness (QED) is 0.835. The average molecular weight is 354 g/mol. The van der Waals surface area contributed by atoms with E-state index >= 15 is 0 Å². The minimum atomic E-state index is -0.216. The number of carbonyl (C=O) groups excluding carboxylic acids is 1. The van der Waals surface area contributed by atoms with E-state index in [-0.39, 0.29) is 17.4 Å². The maximum atomic E-state index is 12.8. The van der Waals surface area contributed by atoms with Crippen molar-refractivity contribution in [2.75, 3.05) is 26.3 Å². The molecule has 4 rings (SSSR count). The molecule has 7 nitrogen and oxygen atoms in total. The molecule has 0 aliphatic carbocycles. The molecule has 0 radical (unpaired) electrons. The Labute approximate surface area is 152 Å². The van der Waals surface area contributed by atoms with E-state index in [0.29, 0.717) is 31.3 Å². The van der Waals surface area contributed by atoms with Crippen molar-refractivity contribution in [3.63, 3.8) is 0 Å². The van der Waals surface area contributed by atoms with Gasteiger partial charge in [-0.3, -0.25) is 9.78 Å². The lowest BCUT2D eigenvalue weighted by atomic mass is 9.73. The van der Waals surface area contributed by atoms with Crippen molar-refractivity contribution in [3.8, 4) is 5.88 Å². The largest absolute Gasteiger partial charge is 0.477 e. The standard InChI is InChI=1S/C19H22N4O3/c24-18(15-12-20-8-9-21-15)23-10-5-16-19(13-23,6-3-11-25-16)14-26-17-4-1-2-7-22-17/h1-2,4,7-9,12,16H,3,5-6,10-11,13-14H2/t16-,19-/m0/s1. The number of rotatable bonds is 4. The molecule has 0 bridgehead atoms. The number of amides is 1. The van der Waals surface area contributed by atoms with Gasteiger partial charge >= 0.3 is 0 Å². The van der Waals surface area contributed by atoms with Crippen LogP contribution in [-0.4, -0.2) is 58.2 Å². The van der Waals surface area contributed by atoms with Crippen LogP contribution in [0.2, 0.25) is 0 Å². The highest BCUT2D eigenvalue weighted by Crippen LogP contribution is 2.40. The van der Waals surface area contributed by atoms with Gasteiger partial charge in [0.25, 0.3) is 5.91 Å². The molecule has 2 fully saturated rings. The second kappa shape index (κ2) is 7.37. The second-order valence-electron chi connectivity index (χ2n) is 6.89. The van der Waals surface area contributed by atoms with Crippen LogP contribution in [0.3, 0.4) is 0 Å². The Hall–Kier alpha value is -2.54. The summed E-state index contributed by atoms with van der Waals surface area (Å²) in [6.07, 6.45) is 9.19. The fourth-order valence-corrected chi connectivity index (χ4v) is 3.90. The van der Waals surface area contributed by atoms with E-state index in [9.17, 15) is 4.79 Å². The molecule has 0 saturated carbocycles. The summed E-state index contributed by atoms with van der Waals surface area (Å²) in [5.74, 6) is 0.517. The Balaban J connectivity index is 1.52. The summed E-state index contributed by atoms with van der Waals surface area (Å²) in [5.41, 5.74) is 0.162. The number of nitrogens with zero attached hydrogens (tertiary/aromatic N) is 4.